The van der Waals surface area contributed by atoms with Crippen molar-refractivity contribution in [3.63, 3.8) is 0 Å². The van der Waals surface area contributed by atoms with E-state index in [9.17, 15) is 4.79 Å². The quantitative estimate of drug-likeness (QED) is 0.888. The van der Waals surface area contributed by atoms with Crippen LogP contribution in [-0.2, 0) is 4.74 Å². The smallest absolute Gasteiger partial charge is 0.349 e. The molecule has 1 aliphatic carbocycles. The minimum absolute atomic E-state index is 0.0585. The zero-order chi connectivity index (χ0) is 15.2. The highest BCUT2D eigenvalue weighted by molar-refractivity contribution is 5.50. The summed E-state index contributed by atoms with van der Waals surface area (Å²) in [6.07, 6.45) is 1.23. The summed E-state index contributed by atoms with van der Waals surface area (Å²) in [4.78, 5) is 16.0. The van der Waals surface area contributed by atoms with Gasteiger partial charge >= 0.3 is 5.69 Å². The zero-order valence-corrected chi connectivity index (χ0v) is 12.8. The summed E-state index contributed by atoms with van der Waals surface area (Å²) in [7, 11) is 0. The molecule has 1 aliphatic rings. The third kappa shape index (κ3) is 2.21. The van der Waals surface area contributed by atoms with Crippen molar-refractivity contribution >= 4 is 11.5 Å². The normalized spacial score (nSPS) is 24.0. The molecule has 0 spiro atoms. The molecule has 2 N–H and O–H groups in total. The predicted octanol–water partition coefficient (Wildman–Crippen LogP) is 1.34. The van der Waals surface area contributed by atoms with Crippen LogP contribution in [-0.4, -0.2) is 38.3 Å². The first-order chi connectivity index (χ1) is 9.93. The highest BCUT2D eigenvalue weighted by Gasteiger charge is 2.49. The first-order valence-electron chi connectivity index (χ1n) is 7.26. The van der Waals surface area contributed by atoms with E-state index in [1.54, 1.807) is 13.0 Å². The number of nitrogens with one attached hydrogen (secondary N) is 2. The van der Waals surface area contributed by atoms with Crippen molar-refractivity contribution in [2.45, 2.75) is 46.3 Å². The topological polar surface area (TPSA) is 84.3 Å². The Morgan fingerprint density at radius 1 is 1.57 bits per heavy atom. The number of hydrogen-bond donors (Lipinski definition) is 2. The van der Waals surface area contributed by atoms with Crippen molar-refractivity contribution in [3.8, 4) is 0 Å². The summed E-state index contributed by atoms with van der Waals surface area (Å²) in [5.74, 6) is 1.36. The lowest BCUT2D eigenvalue weighted by molar-refractivity contribution is -0.0976. The van der Waals surface area contributed by atoms with Crippen LogP contribution in [0.1, 0.15) is 33.0 Å². The Labute approximate surface area is 122 Å². The van der Waals surface area contributed by atoms with E-state index in [0.29, 0.717) is 17.5 Å². The molecule has 2 atom stereocenters. The van der Waals surface area contributed by atoms with Gasteiger partial charge in [-0.15, -0.1) is 0 Å². The molecule has 114 valence electrons. The number of aryl methyl sites for hydroxylation is 1. The van der Waals surface area contributed by atoms with Crippen LogP contribution < -0.4 is 11.0 Å². The molecule has 0 aromatic carbocycles. The minimum atomic E-state index is -0.262. The maximum Gasteiger partial charge on any atom is 0.349 e. The van der Waals surface area contributed by atoms with Crippen molar-refractivity contribution in [2.75, 3.05) is 11.9 Å². The number of ether oxygens (including phenoxy) is 1. The maximum atomic E-state index is 11.6. The van der Waals surface area contributed by atoms with E-state index in [0.717, 1.165) is 18.8 Å². The Kier molecular flexibility index (Phi) is 3.24. The highest BCUT2D eigenvalue weighted by Crippen LogP contribution is 2.44. The van der Waals surface area contributed by atoms with Crippen LogP contribution in [0.25, 0.3) is 5.65 Å². The van der Waals surface area contributed by atoms with E-state index in [2.05, 4.69) is 34.3 Å². The summed E-state index contributed by atoms with van der Waals surface area (Å²) >= 11 is 0. The van der Waals surface area contributed by atoms with Crippen LogP contribution >= 0.6 is 0 Å². The molecule has 2 aromatic heterocycles. The number of H-pyrrole nitrogens is 1. The van der Waals surface area contributed by atoms with Gasteiger partial charge in [0.25, 0.3) is 0 Å². The van der Waals surface area contributed by atoms with Gasteiger partial charge in [0.05, 0.1) is 6.10 Å². The van der Waals surface area contributed by atoms with Crippen molar-refractivity contribution in [3.05, 3.63) is 22.4 Å². The van der Waals surface area contributed by atoms with Crippen LogP contribution in [0.2, 0.25) is 0 Å². The number of rotatable bonds is 4. The van der Waals surface area contributed by atoms with Crippen molar-refractivity contribution in [1.82, 2.24) is 19.6 Å². The summed E-state index contributed by atoms with van der Waals surface area (Å²) in [6.45, 7) is 8.94. The fourth-order valence-electron chi connectivity index (χ4n) is 2.96. The molecule has 3 rings (SSSR count). The van der Waals surface area contributed by atoms with E-state index in [1.165, 1.54) is 4.40 Å². The van der Waals surface area contributed by atoms with Gasteiger partial charge in [0.2, 0.25) is 0 Å². The average molecular weight is 291 g/mol. The molecule has 7 heteroatoms. The molecule has 7 nitrogen and oxygen atoms in total. The van der Waals surface area contributed by atoms with E-state index in [4.69, 9.17) is 4.74 Å². The van der Waals surface area contributed by atoms with Gasteiger partial charge in [-0.05, 0) is 20.3 Å². The molecule has 0 radical (unpaired) electrons. The lowest BCUT2D eigenvalue weighted by atomic mass is 9.64. The Bertz CT molecular complexity index is 718. The molecule has 1 fully saturated rings. The molecule has 2 unspecified atom stereocenters. The second kappa shape index (κ2) is 4.84. The van der Waals surface area contributed by atoms with Crippen LogP contribution in [0.5, 0.6) is 0 Å². The lowest BCUT2D eigenvalue weighted by Gasteiger charge is -2.51. The lowest BCUT2D eigenvalue weighted by Crippen LogP contribution is -2.58. The first kappa shape index (κ1) is 14.1. The van der Waals surface area contributed by atoms with Crippen molar-refractivity contribution in [2.24, 2.45) is 5.41 Å². The molecule has 2 heterocycles. The van der Waals surface area contributed by atoms with Gasteiger partial charge in [0.1, 0.15) is 11.6 Å². The van der Waals surface area contributed by atoms with Crippen LogP contribution in [0.15, 0.2) is 10.9 Å². The van der Waals surface area contributed by atoms with Crippen molar-refractivity contribution in [1.29, 1.82) is 0 Å². The zero-order valence-electron chi connectivity index (χ0n) is 12.8. The molecule has 21 heavy (non-hydrogen) atoms. The van der Waals surface area contributed by atoms with Gasteiger partial charge in [-0.3, -0.25) is 0 Å². The molecule has 1 saturated carbocycles. The molecule has 0 amide bonds. The number of anilines is 1. The second-order valence-corrected chi connectivity index (χ2v) is 6.11. The molecule has 0 saturated heterocycles. The number of aromatic nitrogens is 4. The Morgan fingerprint density at radius 3 is 3.00 bits per heavy atom. The Morgan fingerprint density at radius 2 is 2.33 bits per heavy atom. The maximum absolute atomic E-state index is 11.6. The van der Waals surface area contributed by atoms with Gasteiger partial charge in [-0.25, -0.2) is 19.3 Å². The van der Waals surface area contributed by atoms with Gasteiger partial charge in [-0.1, -0.05) is 13.8 Å². The summed E-state index contributed by atoms with van der Waals surface area (Å²) < 4.78 is 7.19. The van der Waals surface area contributed by atoms with Gasteiger partial charge < -0.3 is 10.1 Å². The van der Waals surface area contributed by atoms with E-state index < -0.39 is 0 Å². The standard InChI is InChI=1S/C14H21N5O2/c1-5-21-10-6-9(14(10,3)4)16-11-7-12-17-18-13(20)19(12)8(2)15-11/h7,9-10,16H,5-6H2,1-4H3,(H,18,20). The number of aromatic amines is 1. The van der Waals surface area contributed by atoms with Crippen LogP contribution in [0, 0.1) is 12.3 Å². The Hall–Kier alpha value is -1.89. The predicted molar refractivity (Wildman–Crippen MR) is 79.6 cm³/mol. The van der Waals surface area contributed by atoms with E-state index in [1.807, 2.05) is 6.92 Å². The van der Waals surface area contributed by atoms with E-state index in [-0.39, 0.29) is 17.2 Å². The molecule has 0 bridgehead atoms. The SMILES string of the molecule is CCOC1CC(Nc2cc3n[nH]c(=O)n3c(C)n2)C1(C)C. The number of nitrogens with zero attached hydrogens (tertiary/aromatic N) is 3. The van der Waals surface area contributed by atoms with Gasteiger partial charge in [-0.2, -0.15) is 5.10 Å². The van der Waals surface area contributed by atoms with Crippen molar-refractivity contribution < 1.29 is 4.74 Å². The fourth-order valence-corrected chi connectivity index (χ4v) is 2.96. The van der Waals surface area contributed by atoms with E-state index >= 15 is 0 Å². The molecular formula is C14H21N5O2. The largest absolute Gasteiger partial charge is 0.378 e. The summed E-state index contributed by atoms with van der Waals surface area (Å²) in [5, 5.41) is 9.87. The Balaban J connectivity index is 1.82. The third-order valence-corrected chi connectivity index (χ3v) is 4.44. The third-order valence-electron chi connectivity index (χ3n) is 4.44. The first-order valence-corrected chi connectivity index (χ1v) is 7.26. The highest BCUT2D eigenvalue weighted by atomic mass is 16.5. The fraction of sp³-hybridized carbons (Fsp3) is 0.643. The monoisotopic (exact) mass is 291 g/mol. The second-order valence-electron chi connectivity index (χ2n) is 6.11. The number of hydrogen-bond acceptors (Lipinski definition) is 5. The average Bonchev–Trinajstić information content (AvgIpc) is 2.80. The molecule has 2 aromatic rings. The van der Waals surface area contributed by atoms with Gasteiger partial charge in [0, 0.05) is 24.1 Å². The number of fused-ring (bicyclic) bond motifs is 1. The van der Waals surface area contributed by atoms with Crippen LogP contribution in [0.3, 0.4) is 0 Å². The molecule has 0 aliphatic heterocycles. The summed E-state index contributed by atoms with van der Waals surface area (Å²) in [6, 6.07) is 2.09. The van der Waals surface area contributed by atoms with Gasteiger partial charge in [0.15, 0.2) is 5.65 Å². The summed E-state index contributed by atoms with van der Waals surface area (Å²) in [5.41, 5.74) is 0.374. The van der Waals surface area contributed by atoms with Crippen LogP contribution in [0.4, 0.5) is 5.82 Å². The molecular weight excluding hydrogens is 270 g/mol. The minimum Gasteiger partial charge on any atom is -0.378 e.